The lowest BCUT2D eigenvalue weighted by atomic mass is 10.1. The minimum absolute atomic E-state index is 0.0917. The summed E-state index contributed by atoms with van der Waals surface area (Å²) in [6, 6.07) is 13.9. The van der Waals surface area contributed by atoms with Crippen LogP contribution in [0.4, 0.5) is 0 Å². The Labute approximate surface area is 254 Å². The van der Waals surface area contributed by atoms with Gasteiger partial charge in [0.05, 0.1) is 20.3 Å². The number of unbranched alkanes of at least 4 members (excludes halogenated alkanes) is 2. The van der Waals surface area contributed by atoms with Gasteiger partial charge in [-0.15, -0.1) is 0 Å². The molecule has 0 saturated heterocycles. The SMILES string of the molecule is CC(CO)NC(=O)c1cccc(/C=C\CCCC(N)=O)c1.COC(=O)CCC/C=C\c1cccc(C(=O)NC(C)CO)c1. The molecular formula is C33H45N3O7. The molecule has 0 spiro atoms. The number of esters is 1. The third-order valence-corrected chi connectivity index (χ3v) is 5.99. The number of nitrogens with one attached hydrogen (secondary N) is 2. The van der Waals surface area contributed by atoms with Gasteiger partial charge in [0.15, 0.2) is 0 Å². The number of primary amides is 1. The number of allylic oxidation sites excluding steroid dienone is 2. The number of hydrogen-bond acceptors (Lipinski definition) is 7. The van der Waals surface area contributed by atoms with Crippen molar-refractivity contribution in [3.8, 4) is 0 Å². The predicted octanol–water partition coefficient (Wildman–Crippen LogP) is 3.62. The van der Waals surface area contributed by atoms with Gasteiger partial charge in [0.1, 0.15) is 0 Å². The zero-order chi connectivity index (χ0) is 32.0. The van der Waals surface area contributed by atoms with Crippen molar-refractivity contribution in [3.63, 3.8) is 0 Å². The average Bonchev–Trinajstić information content (AvgIpc) is 3.00. The largest absolute Gasteiger partial charge is 0.469 e. The van der Waals surface area contributed by atoms with E-state index in [9.17, 15) is 19.2 Å². The fraction of sp³-hybridized carbons (Fsp3) is 0.394. The smallest absolute Gasteiger partial charge is 0.305 e. The van der Waals surface area contributed by atoms with Gasteiger partial charge < -0.3 is 31.3 Å². The Morgan fingerprint density at radius 1 is 0.791 bits per heavy atom. The zero-order valence-corrected chi connectivity index (χ0v) is 25.3. The van der Waals surface area contributed by atoms with E-state index in [1.807, 2.05) is 48.6 Å². The molecule has 234 valence electrons. The number of hydrogen-bond donors (Lipinski definition) is 5. The molecule has 0 aromatic heterocycles. The summed E-state index contributed by atoms with van der Waals surface area (Å²) < 4.78 is 4.57. The van der Waals surface area contributed by atoms with Crippen molar-refractivity contribution >= 4 is 35.8 Å². The fourth-order valence-corrected chi connectivity index (χ4v) is 3.57. The van der Waals surface area contributed by atoms with E-state index in [1.165, 1.54) is 7.11 Å². The number of benzene rings is 2. The summed E-state index contributed by atoms with van der Waals surface area (Å²) in [4.78, 5) is 45.4. The minimum atomic E-state index is -0.292. The summed E-state index contributed by atoms with van der Waals surface area (Å²) >= 11 is 0. The van der Waals surface area contributed by atoms with Crippen LogP contribution in [0, 0.1) is 0 Å². The molecule has 2 aromatic carbocycles. The monoisotopic (exact) mass is 595 g/mol. The van der Waals surface area contributed by atoms with Crippen LogP contribution in [0.3, 0.4) is 0 Å². The third-order valence-electron chi connectivity index (χ3n) is 5.99. The summed E-state index contributed by atoms with van der Waals surface area (Å²) in [5, 5.41) is 23.3. The van der Waals surface area contributed by atoms with E-state index in [0.29, 0.717) is 24.0 Å². The van der Waals surface area contributed by atoms with Crippen LogP contribution in [-0.4, -0.2) is 66.3 Å². The number of ether oxygens (including phenoxy) is 1. The summed E-state index contributed by atoms with van der Waals surface area (Å²) in [5.74, 6) is -0.909. The first kappa shape index (κ1) is 36.7. The first-order valence-corrected chi connectivity index (χ1v) is 14.3. The first-order valence-electron chi connectivity index (χ1n) is 14.3. The van der Waals surface area contributed by atoms with Crippen LogP contribution >= 0.6 is 0 Å². The van der Waals surface area contributed by atoms with Crippen molar-refractivity contribution in [1.29, 1.82) is 0 Å². The number of rotatable bonds is 16. The van der Waals surface area contributed by atoms with Gasteiger partial charge in [0.25, 0.3) is 11.8 Å². The van der Waals surface area contributed by atoms with Crippen molar-refractivity contribution in [2.75, 3.05) is 20.3 Å². The van der Waals surface area contributed by atoms with E-state index in [0.717, 1.165) is 36.8 Å². The van der Waals surface area contributed by atoms with Crippen LogP contribution in [0.2, 0.25) is 0 Å². The molecule has 2 unspecified atom stereocenters. The molecule has 0 radical (unpaired) electrons. The molecule has 10 nitrogen and oxygen atoms in total. The number of aliphatic hydroxyl groups excluding tert-OH is 2. The molecule has 43 heavy (non-hydrogen) atoms. The number of nitrogens with two attached hydrogens (primary N) is 1. The lowest BCUT2D eigenvalue weighted by molar-refractivity contribution is -0.140. The van der Waals surface area contributed by atoms with Gasteiger partial charge in [-0.05, 0) is 74.9 Å². The predicted molar refractivity (Wildman–Crippen MR) is 168 cm³/mol. The average molecular weight is 596 g/mol. The van der Waals surface area contributed by atoms with E-state index in [4.69, 9.17) is 15.9 Å². The fourth-order valence-electron chi connectivity index (χ4n) is 3.57. The van der Waals surface area contributed by atoms with Crippen molar-refractivity contribution in [2.24, 2.45) is 5.73 Å². The van der Waals surface area contributed by atoms with E-state index in [2.05, 4.69) is 15.4 Å². The topological polar surface area (TPSA) is 168 Å². The maximum Gasteiger partial charge on any atom is 0.305 e. The van der Waals surface area contributed by atoms with Gasteiger partial charge in [-0.25, -0.2) is 0 Å². The normalized spacial score (nSPS) is 12.2. The van der Waals surface area contributed by atoms with E-state index < -0.39 is 0 Å². The van der Waals surface area contributed by atoms with Crippen molar-refractivity contribution in [2.45, 2.75) is 64.5 Å². The quantitative estimate of drug-likeness (QED) is 0.146. The molecule has 0 aliphatic rings. The Kier molecular flexibility index (Phi) is 18.3. The van der Waals surface area contributed by atoms with Crippen molar-refractivity contribution in [3.05, 3.63) is 82.9 Å². The van der Waals surface area contributed by atoms with E-state index >= 15 is 0 Å². The molecule has 3 amide bonds. The molecular weight excluding hydrogens is 550 g/mol. The third kappa shape index (κ3) is 16.7. The highest BCUT2D eigenvalue weighted by atomic mass is 16.5. The summed E-state index contributed by atoms with van der Waals surface area (Å²) in [5.41, 5.74) is 8.00. The Morgan fingerprint density at radius 3 is 1.63 bits per heavy atom. The second-order valence-corrected chi connectivity index (χ2v) is 10.00. The number of methoxy groups -OCH3 is 1. The Morgan fingerprint density at radius 2 is 1.23 bits per heavy atom. The highest BCUT2D eigenvalue weighted by Gasteiger charge is 2.10. The van der Waals surface area contributed by atoms with Gasteiger partial charge >= 0.3 is 5.97 Å². The highest BCUT2D eigenvalue weighted by Crippen LogP contribution is 2.10. The molecule has 0 bridgehead atoms. The lowest BCUT2D eigenvalue weighted by Crippen LogP contribution is -2.34. The van der Waals surface area contributed by atoms with Gasteiger partial charge in [-0.3, -0.25) is 19.2 Å². The van der Waals surface area contributed by atoms with Gasteiger partial charge in [0, 0.05) is 36.1 Å². The Hall–Kier alpha value is -4.28. The van der Waals surface area contributed by atoms with E-state index in [-0.39, 0.29) is 49.0 Å². The molecule has 6 N–H and O–H groups in total. The van der Waals surface area contributed by atoms with Gasteiger partial charge in [0.2, 0.25) is 5.91 Å². The molecule has 0 aliphatic heterocycles. The van der Waals surface area contributed by atoms with Gasteiger partial charge in [-0.1, -0.05) is 48.6 Å². The highest BCUT2D eigenvalue weighted by molar-refractivity contribution is 5.95. The second-order valence-electron chi connectivity index (χ2n) is 10.00. The van der Waals surface area contributed by atoms with Gasteiger partial charge in [-0.2, -0.15) is 0 Å². The molecule has 0 fully saturated rings. The molecule has 2 aromatic rings. The van der Waals surface area contributed by atoms with Crippen LogP contribution in [0.25, 0.3) is 12.2 Å². The number of carbonyl (C=O) groups is 4. The summed E-state index contributed by atoms with van der Waals surface area (Å²) in [6.07, 6.45) is 11.5. The van der Waals surface area contributed by atoms with Crippen LogP contribution in [0.1, 0.15) is 84.2 Å². The summed E-state index contributed by atoms with van der Waals surface area (Å²) in [6.45, 7) is 3.29. The van der Waals surface area contributed by atoms with Crippen LogP contribution in [0.5, 0.6) is 0 Å². The zero-order valence-electron chi connectivity index (χ0n) is 25.3. The molecule has 2 atom stereocenters. The molecule has 2 rings (SSSR count). The number of aliphatic hydroxyl groups is 2. The molecule has 10 heteroatoms. The summed E-state index contributed by atoms with van der Waals surface area (Å²) in [7, 11) is 1.38. The van der Waals surface area contributed by atoms with Crippen molar-refractivity contribution < 1.29 is 34.1 Å². The first-order chi connectivity index (χ1) is 20.6. The molecule has 0 saturated carbocycles. The Balaban J connectivity index is 0.000000430. The second kappa shape index (κ2) is 21.4. The number of amides is 3. The van der Waals surface area contributed by atoms with E-state index in [1.54, 1.807) is 38.1 Å². The molecule has 0 aliphatic carbocycles. The lowest BCUT2D eigenvalue weighted by Gasteiger charge is -2.10. The Bertz CT molecular complexity index is 1230. The van der Waals surface area contributed by atoms with Crippen molar-refractivity contribution in [1.82, 2.24) is 10.6 Å². The van der Waals surface area contributed by atoms with Crippen LogP contribution in [0.15, 0.2) is 60.7 Å². The minimum Gasteiger partial charge on any atom is -0.469 e. The maximum atomic E-state index is 12.0. The maximum absolute atomic E-state index is 12.0. The standard InChI is InChI=1S/C17H23NO4.C16H22N2O3/c1-13(12-19)18-17(21)15-9-6-8-14(11-15)7-4-3-5-10-16(20)22-2;1-12(11-19)18-16(21)14-8-5-7-13(10-14)6-3-2-4-9-15(17)20/h4,6-9,11,13,19H,3,5,10,12H2,1-2H3,(H,18,21);3,5-8,10,12,19H,2,4,9,11H2,1H3,(H2,17,20)(H,18,21)/b7-4-;6-3-. The number of carbonyl (C=O) groups excluding carboxylic acids is 4. The van der Waals surface area contributed by atoms with Crippen LogP contribution in [-0.2, 0) is 14.3 Å². The molecule has 0 heterocycles. The van der Waals surface area contributed by atoms with Crippen LogP contribution < -0.4 is 16.4 Å².